The van der Waals surface area contributed by atoms with Crippen LogP contribution in [0.3, 0.4) is 0 Å². The van der Waals surface area contributed by atoms with Gasteiger partial charge in [0.25, 0.3) is 5.91 Å². The van der Waals surface area contributed by atoms with Crippen LogP contribution < -0.4 is 14.8 Å². The number of benzene rings is 3. The van der Waals surface area contributed by atoms with Gasteiger partial charge in [0, 0.05) is 24.5 Å². The number of carbonyl (C=O) groups excluding carboxylic acids is 1. The van der Waals surface area contributed by atoms with Crippen molar-refractivity contribution >= 4 is 5.91 Å². The molecular weight excluding hydrogens is 426 g/mol. The van der Waals surface area contributed by atoms with E-state index in [1.165, 1.54) is 0 Å². The molecule has 34 heavy (non-hydrogen) atoms. The summed E-state index contributed by atoms with van der Waals surface area (Å²) in [5, 5.41) is 11.5. The summed E-state index contributed by atoms with van der Waals surface area (Å²) in [6.45, 7) is 3.69. The molecule has 0 aliphatic rings. The van der Waals surface area contributed by atoms with E-state index in [2.05, 4.69) is 16.9 Å². The number of nitrogens with one attached hydrogen (secondary N) is 1. The second-order valence-electron chi connectivity index (χ2n) is 7.33. The maximum Gasteiger partial charge on any atom is 0.261 e. The van der Waals surface area contributed by atoms with Crippen molar-refractivity contribution in [2.45, 2.75) is 6.54 Å². The molecule has 1 N–H and O–H groups in total. The topological polar surface area (TPSA) is 84.2 Å². The van der Waals surface area contributed by atoms with E-state index in [1.807, 2.05) is 78.9 Å². The zero-order valence-corrected chi connectivity index (χ0v) is 18.3. The number of nitrogens with zero attached hydrogens (tertiary/aromatic N) is 2. The third-order valence-corrected chi connectivity index (χ3v) is 4.91. The number of pyridine rings is 1. The van der Waals surface area contributed by atoms with E-state index < -0.39 is 5.91 Å². The molecule has 0 spiro atoms. The van der Waals surface area contributed by atoms with Crippen molar-refractivity contribution in [1.29, 1.82) is 5.26 Å². The fourth-order valence-electron chi connectivity index (χ4n) is 3.20. The van der Waals surface area contributed by atoms with Crippen LogP contribution in [0.5, 0.6) is 23.0 Å². The Hall–Kier alpha value is -4.89. The van der Waals surface area contributed by atoms with Crippen LogP contribution in [0.2, 0.25) is 0 Å². The standard InChI is InChI=1S/C28H21N3O3/c1-20(17-29)28(32)31-18-21-6-5-7-22(16-21)26-19-30-15-14-27(26)34-25-12-10-24(11-13-25)33-23-8-3-2-4-9-23/h2-16,19H,1,18H2,(H,31,32). The molecule has 0 unspecified atom stereocenters. The molecule has 3 aromatic carbocycles. The smallest absolute Gasteiger partial charge is 0.261 e. The Bertz CT molecular complexity index is 1340. The summed E-state index contributed by atoms with van der Waals surface area (Å²) in [7, 11) is 0. The monoisotopic (exact) mass is 447 g/mol. The number of aromatic nitrogens is 1. The minimum atomic E-state index is -0.488. The molecule has 0 radical (unpaired) electrons. The number of nitriles is 1. The first-order valence-electron chi connectivity index (χ1n) is 10.5. The van der Waals surface area contributed by atoms with E-state index in [4.69, 9.17) is 14.7 Å². The number of hydrogen-bond donors (Lipinski definition) is 1. The normalized spacial score (nSPS) is 10.1. The first-order valence-corrected chi connectivity index (χ1v) is 10.5. The second kappa shape index (κ2) is 10.6. The Morgan fingerprint density at radius 1 is 0.912 bits per heavy atom. The van der Waals surface area contributed by atoms with Gasteiger partial charge in [-0.05, 0) is 59.7 Å². The van der Waals surface area contributed by atoms with Crippen LogP contribution in [0.4, 0.5) is 0 Å². The summed E-state index contributed by atoms with van der Waals surface area (Å²) in [4.78, 5) is 16.1. The van der Waals surface area contributed by atoms with E-state index in [1.54, 1.807) is 24.5 Å². The minimum Gasteiger partial charge on any atom is -0.457 e. The van der Waals surface area contributed by atoms with Crippen molar-refractivity contribution < 1.29 is 14.3 Å². The van der Waals surface area contributed by atoms with Gasteiger partial charge in [-0.25, -0.2) is 0 Å². The summed E-state index contributed by atoms with van der Waals surface area (Å²) >= 11 is 0. The lowest BCUT2D eigenvalue weighted by Gasteiger charge is -2.13. The van der Waals surface area contributed by atoms with Crippen molar-refractivity contribution in [1.82, 2.24) is 10.3 Å². The minimum absolute atomic E-state index is 0.126. The summed E-state index contributed by atoms with van der Waals surface area (Å²) in [5.41, 5.74) is 2.44. The van der Waals surface area contributed by atoms with Gasteiger partial charge in [-0.3, -0.25) is 9.78 Å². The fourth-order valence-corrected chi connectivity index (χ4v) is 3.20. The quantitative estimate of drug-likeness (QED) is 0.263. The molecule has 4 aromatic rings. The predicted octanol–water partition coefficient (Wildman–Crippen LogP) is 6.03. The molecule has 0 saturated heterocycles. The SMILES string of the molecule is C=C(C#N)C(=O)NCc1cccc(-c2cnccc2Oc2ccc(Oc3ccccc3)cc2)c1. The van der Waals surface area contributed by atoms with Crippen molar-refractivity contribution in [3.63, 3.8) is 0 Å². The van der Waals surface area contributed by atoms with E-state index in [9.17, 15) is 4.79 Å². The van der Waals surface area contributed by atoms with Gasteiger partial charge in [-0.2, -0.15) is 5.26 Å². The van der Waals surface area contributed by atoms with E-state index in [0.29, 0.717) is 17.2 Å². The highest BCUT2D eigenvalue weighted by molar-refractivity contribution is 5.96. The van der Waals surface area contributed by atoms with Crippen molar-refractivity contribution in [3.05, 3.63) is 115 Å². The molecule has 0 aliphatic heterocycles. The Labute approximate surface area is 197 Å². The zero-order chi connectivity index (χ0) is 23.8. The van der Waals surface area contributed by atoms with Crippen LogP contribution in [-0.2, 0) is 11.3 Å². The van der Waals surface area contributed by atoms with Gasteiger partial charge in [-0.1, -0.05) is 43.0 Å². The Balaban J connectivity index is 1.48. The highest BCUT2D eigenvalue weighted by atomic mass is 16.5. The first-order chi connectivity index (χ1) is 16.6. The maximum absolute atomic E-state index is 11.8. The highest BCUT2D eigenvalue weighted by Gasteiger charge is 2.10. The molecule has 0 aliphatic carbocycles. The number of carbonyl (C=O) groups is 1. The summed E-state index contributed by atoms with van der Waals surface area (Å²) < 4.78 is 12.0. The lowest BCUT2D eigenvalue weighted by molar-refractivity contribution is -0.117. The van der Waals surface area contributed by atoms with Gasteiger partial charge in [0.1, 0.15) is 34.6 Å². The molecule has 0 saturated carbocycles. The lowest BCUT2D eigenvalue weighted by Crippen LogP contribution is -2.23. The van der Waals surface area contributed by atoms with Crippen LogP contribution in [0, 0.1) is 11.3 Å². The third kappa shape index (κ3) is 5.67. The Kier molecular flexibility index (Phi) is 6.97. The van der Waals surface area contributed by atoms with Gasteiger partial charge < -0.3 is 14.8 Å². The van der Waals surface area contributed by atoms with Gasteiger partial charge in [0.2, 0.25) is 0 Å². The molecule has 4 rings (SSSR count). The molecule has 6 nitrogen and oxygen atoms in total. The number of hydrogen-bond acceptors (Lipinski definition) is 5. The third-order valence-electron chi connectivity index (χ3n) is 4.91. The van der Waals surface area contributed by atoms with Gasteiger partial charge >= 0.3 is 0 Å². The molecule has 0 bridgehead atoms. The zero-order valence-electron chi connectivity index (χ0n) is 18.3. The van der Waals surface area contributed by atoms with E-state index in [-0.39, 0.29) is 12.1 Å². The number of amides is 1. The average molecular weight is 447 g/mol. The van der Waals surface area contributed by atoms with Crippen molar-refractivity contribution in [3.8, 4) is 40.2 Å². The summed E-state index contributed by atoms with van der Waals surface area (Å²) in [6, 6.07) is 28.2. The Morgan fingerprint density at radius 3 is 2.35 bits per heavy atom. The molecule has 0 atom stereocenters. The van der Waals surface area contributed by atoms with E-state index >= 15 is 0 Å². The van der Waals surface area contributed by atoms with Crippen LogP contribution in [0.15, 0.2) is 109 Å². The van der Waals surface area contributed by atoms with Crippen LogP contribution in [0.25, 0.3) is 11.1 Å². The van der Waals surface area contributed by atoms with Gasteiger partial charge in [0.05, 0.1) is 0 Å². The molecule has 0 fully saturated rings. The summed E-state index contributed by atoms with van der Waals surface area (Å²) in [5.74, 6) is 2.29. The molecule has 1 amide bonds. The van der Waals surface area contributed by atoms with Gasteiger partial charge in [0.15, 0.2) is 0 Å². The molecule has 1 heterocycles. The van der Waals surface area contributed by atoms with Gasteiger partial charge in [-0.15, -0.1) is 0 Å². The number of rotatable bonds is 8. The van der Waals surface area contributed by atoms with Crippen LogP contribution >= 0.6 is 0 Å². The molecule has 6 heteroatoms. The maximum atomic E-state index is 11.8. The second-order valence-corrected chi connectivity index (χ2v) is 7.33. The largest absolute Gasteiger partial charge is 0.457 e. The molecule has 166 valence electrons. The van der Waals surface area contributed by atoms with Crippen molar-refractivity contribution in [2.75, 3.05) is 0 Å². The summed E-state index contributed by atoms with van der Waals surface area (Å²) in [6.07, 6.45) is 3.40. The number of ether oxygens (including phenoxy) is 2. The first kappa shape index (κ1) is 22.3. The highest BCUT2D eigenvalue weighted by Crippen LogP contribution is 2.34. The van der Waals surface area contributed by atoms with Crippen molar-refractivity contribution in [2.24, 2.45) is 0 Å². The lowest BCUT2D eigenvalue weighted by atomic mass is 10.0. The van der Waals surface area contributed by atoms with Crippen LogP contribution in [-0.4, -0.2) is 10.9 Å². The Morgan fingerprint density at radius 2 is 1.62 bits per heavy atom. The molecular formula is C28H21N3O3. The van der Waals surface area contributed by atoms with E-state index in [0.717, 1.165) is 22.4 Å². The average Bonchev–Trinajstić information content (AvgIpc) is 2.89. The van der Waals surface area contributed by atoms with Crippen LogP contribution in [0.1, 0.15) is 5.56 Å². The molecule has 1 aromatic heterocycles. The number of para-hydroxylation sites is 1. The predicted molar refractivity (Wildman–Crippen MR) is 129 cm³/mol. The fraction of sp³-hybridized carbons (Fsp3) is 0.0357.